The number of quaternary nitrogens is 1. The first kappa shape index (κ1) is 22.4. The van der Waals surface area contributed by atoms with Crippen LogP contribution in [0.4, 0.5) is 0 Å². The number of ether oxygens (including phenoxy) is 4. The normalized spacial score (nSPS) is 45.5. The first-order valence-corrected chi connectivity index (χ1v) is 8.92. The molecule has 2 fully saturated rings. The molecule has 1 amide bonds. The van der Waals surface area contributed by atoms with Gasteiger partial charge in [0.25, 0.3) is 0 Å². The number of amides is 1. The Morgan fingerprint density at radius 1 is 1.11 bits per heavy atom. The predicted octanol–water partition coefficient (Wildman–Crippen LogP) is -4.28. The van der Waals surface area contributed by atoms with E-state index in [0.29, 0.717) is 0 Å². The number of carbonyl (C=O) groups is 1. The molecule has 0 aromatic heterocycles. The number of carbonyl (C=O) groups excluding carboxylic acids is 1. The van der Waals surface area contributed by atoms with Crippen molar-refractivity contribution in [2.75, 3.05) is 20.3 Å². The number of methoxy groups -OCH3 is 1. The summed E-state index contributed by atoms with van der Waals surface area (Å²) in [5, 5.41) is 42.8. The lowest BCUT2D eigenvalue weighted by molar-refractivity contribution is -0.507. The van der Waals surface area contributed by atoms with Gasteiger partial charge in [-0.2, -0.15) is 0 Å². The molecule has 2 aliphatic rings. The van der Waals surface area contributed by atoms with Gasteiger partial charge in [0.2, 0.25) is 12.2 Å². The summed E-state index contributed by atoms with van der Waals surface area (Å²) in [5.74, 6) is -0.349. The topological polar surface area (TPSA) is 175 Å². The van der Waals surface area contributed by atoms with E-state index in [-0.39, 0.29) is 5.91 Å². The summed E-state index contributed by atoms with van der Waals surface area (Å²) in [7, 11) is 1.38. The lowest BCUT2D eigenvalue weighted by Crippen LogP contribution is -2.79. The molecular formula is C16H31N2O9+. The van der Waals surface area contributed by atoms with Crippen molar-refractivity contribution in [2.45, 2.75) is 74.9 Å². The molecule has 2 saturated heterocycles. The van der Waals surface area contributed by atoms with Gasteiger partial charge < -0.3 is 50.4 Å². The van der Waals surface area contributed by atoms with Gasteiger partial charge in [0, 0.05) is 14.0 Å². The lowest BCUT2D eigenvalue weighted by atomic mass is 9.92. The molecule has 0 radical (unpaired) electrons. The minimum absolute atomic E-state index is 0.349. The third-order valence-electron chi connectivity index (χ3n) is 5.06. The van der Waals surface area contributed by atoms with Crippen LogP contribution in [0.1, 0.15) is 13.8 Å². The Bertz CT molecular complexity index is 495. The number of hydrogen-bond acceptors (Lipinski definition) is 9. The summed E-state index contributed by atoms with van der Waals surface area (Å²) in [5.41, 5.74) is 3.83. The molecule has 158 valence electrons. The zero-order valence-corrected chi connectivity index (χ0v) is 15.7. The van der Waals surface area contributed by atoms with Gasteiger partial charge in [-0.25, -0.2) is 0 Å². The standard InChI is InChI=1S/C16H30N2O9/c1-6-11(18-7(2)21)13(23)15(9(5-20)25-6)27-16-10(17)12(22)14(24-3)8(4-19)26-16/h6,8-16,19-20,22-23H,4-5,17H2,1-3H3,(H,18,21)/p+1. The highest BCUT2D eigenvalue weighted by Crippen LogP contribution is 2.28. The van der Waals surface area contributed by atoms with Crippen molar-refractivity contribution in [3.8, 4) is 0 Å². The number of hydrogen-bond donors (Lipinski definition) is 6. The zero-order valence-electron chi connectivity index (χ0n) is 15.7. The Morgan fingerprint density at radius 3 is 2.22 bits per heavy atom. The van der Waals surface area contributed by atoms with Crippen LogP contribution in [0.15, 0.2) is 0 Å². The summed E-state index contributed by atoms with van der Waals surface area (Å²) in [4.78, 5) is 11.4. The van der Waals surface area contributed by atoms with Gasteiger partial charge in [-0.05, 0) is 6.92 Å². The van der Waals surface area contributed by atoms with Crippen LogP contribution in [0.25, 0.3) is 0 Å². The van der Waals surface area contributed by atoms with Crippen molar-refractivity contribution in [3.05, 3.63) is 0 Å². The van der Waals surface area contributed by atoms with Crippen LogP contribution < -0.4 is 11.1 Å². The maximum atomic E-state index is 11.4. The van der Waals surface area contributed by atoms with Gasteiger partial charge in [-0.3, -0.25) is 4.79 Å². The van der Waals surface area contributed by atoms with Crippen molar-refractivity contribution in [1.29, 1.82) is 0 Å². The highest BCUT2D eigenvalue weighted by atomic mass is 16.7. The van der Waals surface area contributed by atoms with E-state index in [0.717, 1.165) is 0 Å². The van der Waals surface area contributed by atoms with Crippen LogP contribution in [0, 0.1) is 0 Å². The SMILES string of the molecule is COC1C(CO)OC(OC2C(CO)OC(C)C(NC(C)=O)C2O)C([NH3+])C1O. The summed E-state index contributed by atoms with van der Waals surface area (Å²) in [6, 6.07) is -1.55. The van der Waals surface area contributed by atoms with Crippen LogP contribution in [0.3, 0.4) is 0 Å². The molecule has 11 heteroatoms. The molecule has 10 unspecified atom stereocenters. The smallest absolute Gasteiger partial charge is 0.217 e. The molecule has 0 aromatic rings. The highest BCUT2D eigenvalue weighted by Gasteiger charge is 2.51. The number of aliphatic hydroxyl groups is 4. The van der Waals surface area contributed by atoms with Crippen LogP contribution in [-0.4, -0.2) is 108 Å². The van der Waals surface area contributed by atoms with Gasteiger partial charge in [-0.1, -0.05) is 0 Å². The molecule has 2 rings (SSSR count). The third-order valence-corrected chi connectivity index (χ3v) is 5.06. The molecular weight excluding hydrogens is 364 g/mol. The second-order valence-corrected chi connectivity index (χ2v) is 6.96. The van der Waals surface area contributed by atoms with Crippen molar-refractivity contribution < 1.29 is 49.9 Å². The minimum Gasteiger partial charge on any atom is -0.394 e. The highest BCUT2D eigenvalue weighted by molar-refractivity contribution is 5.73. The van der Waals surface area contributed by atoms with E-state index in [9.17, 15) is 25.2 Å². The average Bonchev–Trinajstić information content (AvgIpc) is 2.63. The fraction of sp³-hybridized carbons (Fsp3) is 0.938. The van der Waals surface area contributed by atoms with Gasteiger partial charge in [0.1, 0.15) is 36.6 Å². The fourth-order valence-electron chi connectivity index (χ4n) is 3.59. The molecule has 2 heterocycles. The van der Waals surface area contributed by atoms with Gasteiger partial charge in [0.15, 0.2) is 6.04 Å². The van der Waals surface area contributed by atoms with Crippen molar-refractivity contribution in [3.63, 3.8) is 0 Å². The molecule has 11 nitrogen and oxygen atoms in total. The predicted molar refractivity (Wildman–Crippen MR) is 89.1 cm³/mol. The summed E-state index contributed by atoms with van der Waals surface area (Å²) >= 11 is 0. The summed E-state index contributed by atoms with van der Waals surface area (Å²) in [6.45, 7) is 2.14. The number of aliphatic hydroxyl groups excluding tert-OH is 4. The maximum absolute atomic E-state index is 11.4. The summed E-state index contributed by atoms with van der Waals surface area (Å²) < 4.78 is 22.3. The largest absolute Gasteiger partial charge is 0.394 e. The Hall–Kier alpha value is -0.890. The first-order chi connectivity index (χ1) is 12.7. The van der Waals surface area contributed by atoms with Gasteiger partial charge in [0.05, 0.1) is 25.4 Å². The molecule has 10 atom stereocenters. The number of rotatable bonds is 6. The lowest BCUT2D eigenvalue weighted by Gasteiger charge is -2.46. The Morgan fingerprint density at radius 2 is 1.70 bits per heavy atom. The van der Waals surface area contributed by atoms with Crippen molar-refractivity contribution >= 4 is 5.91 Å². The average molecular weight is 395 g/mol. The third kappa shape index (κ3) is 4.75. The quantitative estimate of drug-likeness (QED) is 0.260. The molecule has 0 aromatic carbocycles. The van der Waals surface area contributed by atoms with Gasteiger partial charge in [-0.15, -0.1) is 0 Å². The van der Waals surface area contributed by atoms with E-state index in [2.05, 4.69) is 11.1 Å². The maximum Gasteiger partial charge on any atom is 0.217 e. The second-order valence-electron chi connectivity index (χ2n) is 6.96. The minimum atomic E-state index is -1.20. The molecule has 8 N–H and O–H groups in total. The second kappa shape index (κ2) is 9.54. The van der Waals surface area contributed by atoms with E-state index in [4.69, 9.17) is 18.9 Å². The van der Waals surface area contributed by atoms with Crippen molar-refractivity contribution in [2.24, 2.45) is 0 Å². The van der Waals surface area contributed by atoms with Crippen LogP contribution in [0.5, 0.6) is 0 Å². The molecule has 0 spiro atoms. The van der Waals surface area contributed by atoms with E-state index >= 15 is 0 Å². The molecule has 0 saturated carbocycles. The van der Waals surface area contributed by atoms with E-state index in [1.807, 2.05) is 0 Å². The van der Waals surface area contributed by atoms with E-state index in [1.54, 1.807) is 6.92 Å². The monoisotopic (exact) mass is 395 g/mol. The Kier molecular flexibility index (Phi) is 7.92. The van der Waals surface area contributed by atoms with E-state index in [1.165, 1.54) is 14.0 Å². The molecule has 27 heavy (non-hydrogen) atoms. The summed E-state index contributed by atoms with van der Waals surface area (Å²) in [6.07, 6.45) is -7.49. The van der Waals surface area contributed by atoms with Crippen LogP contribution in [-0.2, 0) is 23.7 Å². The fourth-order valence-corrected chi connectivity index (χ4v) is 3.59. The van der Waals surface area contributed by atoms with Crippen LogP contribution >= 0.6 is 0 Å². The molecule has 2 aliphatic heterocycles. The zero-order chi connectivity index (χ0) is 20.3. The Labute approximate surface area is 157 Å². The van der Waals surface area contributed by atoms with Gasteiger partial charge >= 0.3 is 0 Å². The number of nitrogens with one attached hydrogen (secondary N) is 1. The first-order valence-electron chi connectivity index (χ1n) is 8.92. The van der Waals surface area contributed by atoms with E-state index < -0.39 is 74.3 Å². The van der Waals surface area contributed by atoms with Crippen LogP contribution in [0.2, 0.25) is 0 Å². The van der Waals surface area contributed by atoms with Crippen molar-refractivity contribution in [1.82, 2.24) is 5.32 Å². The Balaban J connectivity index is 2.17. The molecule has 0 aliphatic carbocycles. The molecule has 0 bridgehead atoms.